The van der Waals surface area contributed by atoms with Crippen LogP contribution in [0.15, 0.2) is 30.6 Å². The van der Waals surface area contributed by atoms with Gasteiger partial charge in [-0.2, -0.15) is 5.10 Å². The first kappa shape index (κ1) is 14.7. The second-order valence-corrected chi connectivity index (χ2v) is 5.19. The van der Waals surface area contributed by atoms with E-state index in [-0.39, 0.29) is 17.8 Å². The molecule has 1 aromatic heterocycles. The number of nitrogens with zero attached hydrogens (tertiary/aromatic N) is 3. The van der Waals surface area contributed by atoms with Gasteiger partial charge in [0.15, 0.2) is 0 Å². The highest BCUT2D eigenvalue weighted by atomic mass is 19.1. The highest BCUT2D eigenvalue weighted by molar-refractivity contribution is 5.23. The predicted octanol–water partition coefficient (Wildman–Crippen LogP) is 2.54. The van der Waals surface area contributed by atoms with Crippen molar-refractivity contribution in [2.24, 2.45) is 0 Å². The zero-order valence-electron chi connectivity index (χ0n) is 12.2. The molecule has 0 bridgehead atoms. The normalized spacial score (nSPS) is 12.8. The molecule has 1 heterocycles. The summed E-state index contributed by atoms with van der Waals surface area (Å²) in [5.41, 5.74) is 0.722. The minimum atomic E-state index is -0.164. The van der Waals surface area contributed by atoms with Crippen LogP contribution in [0.25, 0.3) is 0 Å². The maximum absolute atomic E-state index is 14.0. The van der Waals surface area contributed by atoms with Crippen molar-refractivity contribution in [2.45, 2.75) is 32.2 Å². The topological polar surface area (TPSA) is 42.7 Å². The largest absolute Gasteiger partial charge is 0.319 e. The minimum absolute atomic E-state index is 0.0444. The maximum Gasteiger partial charge on any atom is 0.138 e. The smallest absolute Gasteiger partial charge is 0.138 e. The van der Waals surface area contributed by atoms with Crippen molar-refractivity contribution in [2.75, 3.05) is 13.6 Å². The monoisotopic (exact) mass is 276 g/mol. The molecule has 2 rings (SSSR count). The van der Waals surface area contributed by atoms with Gasteiger partial charge in [-0.25, -0.2) is 14.1 Å². The average molecular weight is 276 g/mol. The first-order valence-electron chi connectivity index (χ1n) is 6.91. The quantitative estimate of drug-likeness (QED) is 0.881. The molecule has 0 aliphatic heterocycles. The SMILES string of the molecule is CNCC(Cc1ncnn1C(C)C)c1ccccc1F. The Morgan fingerprint density at radius 3 is 2.70 bits per heavy atom. The van der Waals surface area contributed by atoms with Crippen LogP contribution in [0, 0.1) is 5.82 Å². The van der Waals surface area contributed by atoms with Crippen LogP contribution in [-0.4, -0.2) is 28.4 Å². The first-order chi connectivity index (χ1) is 9.63. The number of rotatable bonds is 6. The lowest BCUT2D eigenvalue weighted by atomic mass is 9.94. The van der Waals surface area contributed by atoms with Crippen molar-refractivity contribution >= 4 is 0 Å². The zero-order valence-corrected chi connectivity index (χ0v) is 12.2. The number of halogens is 1. The van der Waals surface area contributed by atoms with E-state index < -0.39 is 0 Å². The summed E-state index contributed by atoms with van der Waals surface area (Å²) < 4.78 is 15.9. The molecule has 5 heteroatoms. The van der Waals surface area contributed by atoms with E-state index in [0.717, 1.165) is 11.4 Å². The van der Waals surface area contributed by atoms with E-state index >= 15 is 0 Å². The summed E-state index contributed by atoms with van der Waals surface area (Å²) in [5, 5.41) is 7.37. The van der Waals surface area contributed by atoms with Crippen molar-refractivity contribution in [3.05, 3.63) is 47.8 Å². The Morgan fingerprint density at radius 1 is 1.30 bits per heavy atom. The molecule has 0 spiro atoms. The molecule has 0 aliphatic carbocycles. The van der Waals surface area contributed by atoms with Gasteiger partial charge in [0.25, 0.3) is 0 Å². The van der Waals surface area contributed by atoms with Gasteiger partial charge >= 0.3 is 0 Å². The third-order valence-corrected chi connectivity index (χ3v) is 3.36. The maximum atomic E-state index is 14.0. The van der Waals surface area contributed by atoms with Crippen LogP contribution in [0.5, 0.6) is 0 Å². The molecule has 4 nitrogen and oxygen atoms in total. The Balaban J connectivity index is 2.26. The number of hydrogen-bond donors (Lipinski definition) is 1. The summed E-state index contributed by atoms with van der Waals surface area (Å²) in [7, 11) is 1.88. The van der Waals surface area contributed by atoms with Gasteiger partial charge in [-0.3, -0.25) is 0 Å². The fraction of sp³-hybridized carbons (Fsp3) is 0.467. The van der Waals surface area contributed by atoms with Gasteiger partial charge in [0.05, 0.1) is 0 Å². The Morgan fingerprint density at radius 2 is 2.05 bits per heavy atom. The lowest BCUT2D eigenvalue weighted by Gasteiger charge is -2.18. The van der Waals surface area contributed by atoms with Crippen LogP contribution in [0.4, 0.5) is 4.39 Å². The average Bonchev–Trinajstić information content (AvgIpc) is 2.87. The van der Waals surface area contributed by atoms with E-state index in [1.54, 1.807) is 12.4 Å². The number of nitrogens with one attached hydrogen (secondary N) is 1. The fourth-order valence-corrected chi connectivity index (χ4v) is 2.42. The van der Waals surface area contributed by atoms with E-state index in [1.165, 1.54) is 6.07 Å². The molecule has 1 atom stereocenters. The van der Waals surface area contributed by atoms with Crippen molar-refractivity contribution in [1.82, 2.24) is 20.1 Å². The molecule has 0 radical (unpaired) electrons. The zero-order chi connectivity index (χ0) is 14.5. The van der Waals surface area contributed by atoms with Gasteiger partial charge in [-0.15, -0.1) is 0 Å². The van der Waals surface area contributed by atoms with E-state index in [0.29, 0.717) is 13.0 Å². The lowest BCUT2D eigenvalue weighted by Crippen LogP contribution is -2.22. The molecular formula is C15H21FN4. The van der Waals surface area contributed by atoms with Crippen molar-refractivity contribution in [1.29, 1.82) is 0 Å². The predicted molar refractivity (Wildman–Crippen MR) is 77.2 cm³/mol. The fourth-order valence-electron chi connectivity index (χ4n) is 2.42. The standard InChI is InChI=1S/C15H21FN4/c1-11(2)20-15(18-10-19-20)8-12(9-17-3)13-6-4-5-7-14(13)16/h4-7,10-12,17H,8-9H2,1-3H3. The van der Waals surface area contributed by atoms with Crippen LogP contribution in [0.2, 0.25) is 0 Å². The van der Waals surface area contributed by atoms with Crippen molar-refractivity contribution in [3.63, 3.8) is 0 Å². The summed E-state index contributed by atoms with van der Waals surface area (Å²) in [6, 6.07) is 7.18. The molecule has 2 aromatic rings. The summed E-state index contributed by atoms with van der Waals surface area (Å²) in [6.07, 6.45) is 2.23. The number of benzene rings is 1. The summed E-state index contributed by atoms with van der Waals surface area (Å²) in [4.78, 5) is 4.32. The summed E-state index contributed by atoms with van der Waals surface area (Å²) in [5.74, 6) is 0.773. The second-order valence-electron chi connectivity index (χ2n) is 5.19. The molecule has 1 unspecified atom stereocenters. The third kappa shape index (κ3) is 3.22. The molecule has 0 aliphatic rings. The second kappa shape index (κ2) is 6.61. The van der Waals surface area contributed by atoms with Crippen LogP contribution in [0.3, 0.4) is 0 Å². The van der Waals surface area contributed by atoms with E-state index in [4.69, 9.17) is 0 Å². The third-order valence-electron chi connectivity index (χ3n) is 3.36. The van der Waals surface area contributed by atoms with Crippen molar-refractivity contribution in [3.8, 4) is 0 Å². The van der Waals surface area contributed by atoms with Gasteiger partial charge in [0.2, 0.25) is 0 Å². The van der Waals surface area contributed by atoms with Crippen LogP contribution in [-0.2, 0) is 6.42 Å². The van der Waals surface area contributed by atoms with Crippen LogP contribution >= 0.6 is 0 Å². The summed E-state index contributed by atoms with van der Waals surface area (Å²) in [6.45, 7) is 4.83. The van der Waals surface area contributed by atoms with E-state index in [2.05, 4.69) is 29.2 Å². The van der Waals surface area contributed by atoms with Crippen LogP contribution in [0.1, 0.15) is 37.2 Å². The van der Waals surface area contributed by atoms with Gasteiger partial charge in [-0.1, -0.05) is 18.2 Å². The Labute approximate surface area is 119 Å². The van der Waals surface area contributed by atoms with Gasteiger partial charge in [0.1, 0.15) is 18.0 Å². The lowest BCUT2D eigenvalue weighted by molar-refractivity contribution is 0.480. The number of aromatic nitrogens is 3. The molecule has 0 saturated carbocycles. The molecule has 0 amide bonds. The van der Waals surface area contributed by atoms with Crippen LogP contribution < -0.4 is 5.32 Å². The van der Waals surface area contributed by atoms with E-state index in [1.807, 2.05) is 23.9 Å². The molecule has 1 N–H and O–H groups in total. The number of likely N-dealkylation sites (N-methyl/N-ethyl adjacent to an activating group) is 1. The first-order valence-corrected chi connectivity index (χ1v) is 6.91. The van der Waals surface area contributed by atoms with Crippen molar-refractivity contribution < 1.29 is 4.39 Å². The van der Waals surface area contributed by atoms with Gasteiger partial charge in [-0.05, 0) is 32.5 Å². The molecule has 0 saturated heterocycles. The molecular weight excluding hydrogens is 255 g/mol. The van der Waals surface area contributed by atoms with E-state index in [9.17, 15) is 4.39 Å². The number of hydrogen-bond acceptors (Lipinski definition) is 3. The van der Waals surface area contributed by atoms with Gasteiger partial charge < -0.3 is 5.32 Å². The summed E-state index contributed by atoms with van der Waals surface area (Å²) >= 11 is 0. The molecule has 20 heavy (non-hydrogen) atoms. The molecule has 1 aromatic carbocycles. The Hall–Kier alpha value is -1.75. The molecule has 108 valence electrons. The highest BCUT2D eigenvalue weighted by Gasteiger charge is 2.19. The minimum Gasteiger partial charge on any atom is -0.319 e. The Kier molecular flexibility index (Phi) is 4.84. The Bertz CT molecular complexity index is 550. The van der Waals surface area contributed by atoms with Gasteiger partial charge in [0, 0.05) is 24.9 Å². The molecule has 0 fully saturated rings. The highest BCUT2D eigenvalue weighted by Crippen LogP contribution is 2.23.